The molecule has 0 saturated heterocycles. The van der Waals surface area contributed by atoms with E-state index >= 15 is 0 Å². The van der Waals surface area contributed by atoms with Crippen LogP contribution in [0.25, 0.3) is 0 Å². The smallest absolute Gasteiger partial charge is 0.331 e. The molecule has 0 saturated carbocycles. The van der Waals surface area contributed by atoms with Crippen LogP contribution in [-0.4, -0.2) is 58.7 Å². The van der Waals surface area contributed by atoms with E-state index < -0.39 is 48.7 Å². The lowest BCUT2D eigenvalue weighted by molar-refractivity contribution is -0.148. The Morgan fingerprint density at radius 2 is 1.34 bits per heavy atom. The number of hydrogen-bond donors (Lipinski definition) is 2. The Labute approximate surface area is 220 Å². The van der Waals surface area contributed by atoms with E-state index in [1.165, 1.54) is 0 Å². The van der Waals surface area contributed by atoms with Crippen LogP contribution in [0.4, 0.5) is 0 Å². The average Bonchev–Trinajstić information content (AvgIpc) is 2.92. The average molecular weight is 517 g/mol. The SMILES string of the molecule is O=C(O)CN(CC(=O)Oc1ccccc1)C(=O)CCC(=O)C(Cc1ccccc1)NC(=O)c1ccccc1. The third kappa shape index (κ3) is 9.02. The molecule has 0 heterocycles. The molecule has 38 heavy (non-hydrogen) atoms. The van der Waals surface area contributed by atoms with E-state index in [4.69, 9.17) is 4.74 Å². The summed E-state index contributed by atoms with van der Waals surface area (Å²) in [5, 5.41) is 12.0. The van der Waals surface area contributed by atoms with E-state index in [1.807, 2.05) is 30.3 Å². The number of rotatable bonds is 13. The van der Waals surface area contributed by atoms with E-state index in [9.17, 15) is 29.1 Å². The molecule has 0 spiro atoms. The summed E-state index contributed by atoms with van der Waals surface area (Å²) in [7, 11) is 0. The normalized spacial score (nSPS) is 11.2. The van der Waals surface area contributed by atoms with Crippen LogP contribution in [0.15, 0.2) is 91.0 Å². The molecule has 196 valence electrons. The summed E-state index contributed by atoms with van der Waals surface area (Å²) in [5.41, 5.74) is 1.21. The Bertz CT molecular complexity index is 1250. The Hall–Kier alpha value is -4.79. The van der Waals surface area contributed by atoms with Crippen molar-refractivity contribution in [2.24, 2.45) is 0 Å². The van der Waals surface area contributed by atoms with Gasteiger partial charge in [-0.3, -0.25) is 19.2 Å². The maximum absolute atomic E-state index is 13.1. The predicted molar refractivity (Wildman–Crippen MR) is 138 cm³/mol. The molecule has 3 aromatic rings. The first-order valence-corrected chi connectivity index (χ1v) is 12.0. The molecule has 0 aromatic heterocycles. The van der Waals surface area contributed by atoms with Crippen molar-refractivity contribution in [1.29, 1.82) is 0 Å². The molecule has 2 N–H and O–H groups in total. The molecule has 9 heteroatoms. The van der Waals surface area contributed by atoms with Gasteiger partial charge in [-0.1, -0.05) is 66.7 Å². The number of ketones is 1. The fourth-order valence-electron chi connectivity index (χ4n) is 3.69. The van der Waals surface area contributed by atoms with Crippen LogP contribution in [0.3, 0.4) is 0 Å². The van der Waals surface area contributed by atoms with Gasteiger partial charge in [0.1, 0.15) is 18.8 Å². The molecule has 9 nitrogen and oxygen atoms in total. The minimum absolute atomic E-state index is 0.217. The first kappa shape index (κ1) is 27.8. The highest BCUT2D eigenvalue weighted by molar-refractivity contribution is 5.98. The molecule has 0 aliphatic rings. The first-order chi connectivity index (χ1) is 18.3. The molecular formula is C29H28N2O7. The number of benzene rings is 3. The number of esters is 1. The molecule has 3 rings (SSSR count). The van der Waals surface area contributed by atoms with E-state index in [2.05, 4.69) is 5.32 Å². The third-order valence-electron chi connectivity index (χ3n) is 5.57. The second kappa shape index (κ2) is 14.1. The van der Waals surface area contributed by atoms with E-state index in [0.717, 1.165) is 10.5 Å². The van der Waals surface area contributed by atoms with Crippen molar-refractivity contribution in [3.8, 4) is 5.75 Å². The number of nitrogens with one attached hydrogen (secondary N) is 1. The maximum atomic E-state index is 13.1. The van der Waals surface area contributed by atoms with Gasteiger partial charge in [0.15, 0.2) is 5.78 Å². The first-order valence-electron chi connectivity index (χ1n) is 12.0. The molecule has 0 aliphatic carbocycles. The minimum Gasteiger partial charge on any atom is -0.480 e. The van der Waals surface area contributed by atoms with Gasteiger partial charge >= 0.3 is 11.9 Å². The lowest BCUT2D eigenvalue weighted by Crippen LogP contribution is -2.44. The van der Waals surface area contributed by atoms with Crippen molar-refractivity contribution in [2.45, 2.75) is 25.3 Å². The summed E-state index contributed by atoms with van der Waals surface area (Å²) in [5.74, 6) is -3.38. The van der Waals surface area contributed by atoms with Gasteiger partial charge in [0.05, 0.1) is 6.04 Å². The van der Waals surface area contributed by atoms with Crippen LogP contribution in [0.2, 0.25) is 0 Å². The second-order valence-electron chi connectivity index (χ2n) is 8.48. The third-order valence-corrected chi connectivity index (χ3v) is 5.57. The number of carboxylic acid groups (broad SMARTS) is 1. The van der Waals surface area contributed by atoms with Crippen molar-refractivity contribution in [3.05, 3.63) is 102 Å². The maximum Gasteiger partial charge on any atom is 0.331 e. The fraction of sp³-hybridized carbons (Fsp3) is 0.207. The van der Waals surface area contributed by atoms with Gasteiger partial charge in [-0.25, -0.2) is 4.79 Å². The van der Waals surface area contributed by atoms with Crippen LogP contribution >= 0.6 is 0 Å². The molecule has 1 unspecified atom stereocenters. The van der Waals surface area contributed by atoms with Crippen LogP contribution in [0.1, 0.15) is 28.8 Å². The molecule has 2 amide bonds. The van der Waals surface area contributed by atoms with E-state index in [-0.39, 0.29) is 25.0 Å². The monoisotopic (exact) mass is 516 g/mol. The van der Waals surface area contributed by atoms with Crippen LogP contribution in [0.5, 0.6) is 5.75 Å². The quantitative estimate of drug-likeness (QED) is 0.264. The number of hydrogen-bond acceptors (Lipinski definition) is 6. The molecular weight excluding hydrogens is 488 g/mol. The number of aliphatic carboxylic acids is 1. The van der Waals surface area contributed by atoms with Crippen molar-refractivity contribution < 1.29 is 33.8 Å². The second-order valence-corrected chi connectivity index (χ2v) is 8.48. The number of ether oxygens (including phenoxy) is 1. The number of carbonyl (C=O) groups excluding carboxylic acids is 4. The lowest BCUT2D eigenvalue weighted by Gasteiger charge is -2.21. The van der Waals surface area contributed by atoms with Gasteiger partial charge in [-0.2, -0.15) is 0 Å². The highest BCUT2D eigenvalue weighted by atomic mass is 16.5. The highest BCUT2D eigenvalue weighted by Crippen LogP contribution is 2.11. The number of nitrogens with zero attached hydrogens (tertiary/aromatic N) is 1. The van der Waals surface area contributed by atoms with Crippen LogP contribution in [-0.2, 0) is 25.6 Å². The van der Waals surface area contributed by atoms with Gasteiger partial charge < -0.3 is 20.1 Å². The number of amides is 2. The Morgan fingerprint density at radius 3 is 1.95 bits per heavy atom. The van der Waals surface area contributed by atoms with E-state index in [1.54, 1.807) is 60.7 Å². The molecule has 0 aliphatic heterocycles. The van der Waals surface area contributed by atoms with Crippen molar-refractivity contribution in [3.63, 3.8) is 0 Å². The van der Waals surface area contributed by atoms with Gasteiger partial charge in [-0.15, -0.1) is 0 Å². The molecule has 1 atom stereocenters. The summed E-state index contributed by atoms with van der Waals surface area (Å²) in [4.78, 5) is 63.1. The number of carbonyl (C=O) groups is 5. The van der Waals surface area contributed by atoms with Gasteiger partial charge in [0.2, 0.25) is 5.91 Å². The van der Waals surface area contributed by atoms with Crippen LogP contribution < -0.4 is 10.1 Å². The van der Waals surface area contributed by atoms with Gasteiger partial charge in [0, 0.05) is 18.4 Å². The number of carboxylic acids is 1. The molecule has 3 aromatic carbocycles. The summed E-state index contributed by atoms with van der Waals surface area (Å²) in [6.07, 6.45) is -0.374. The Balaban J connectivity index is 1.65. The van der Waals surface area contributed by atoms with E-state index in [0.29, 0.717) is 5.56 Å². The predicted octanol–water partition coefficient (Wildman–Crippen LogP) is 2.90. The van der Waals surface area contributed by atoms with Crippen molar-refractivity contribution in [1.82, 2.24) is 10.2 Å². The van der Waals surface area contributed by atoms with Crippen LogP contribution in [0, 0.1) is 0 Å². The molecule has 0 radical (unpaired) electrons. The summed E-state index contributed by atoms with van der Waals surface area (Å²) in [6, 6.07) is 24.8. The highest BCUT2D eigenvalue weighted by Gasteiger charge is 2.25. The minimum atomic E-state index is -1.31. The standard InChI is InChI=1S/C29H28N2O7/c32-25(24(18-21-10-4-1-5-11-21)30-29(37)22-12-6-2-7-13-22)16-17-26(33)31(19-27(34)35)20-28(36)38-23-14-8-3-9-15-23/h1-15,24H,16-20H2,(H,30,37)(H,34,35). The van der Waals surface area contributed by atoms with Crippen molar-refractivity contribution in [2.75, 3.05) is 13.1 Å². The molecule has 0 bridgehead atoms. The zero-order chi connectivity index (χ0) is 27.3. The number of para-hydroxylation sites is 1. The summed E-state index contributed by atoms with van der Waals surface area (Å²) < 4.78 is 5.15. The lowest BCUT2D eigenvalue weighted by atomic mass is 9.98. The summed E-state index contributed by atoms with van der Waals surface area (Å²) >= 11 is 0. The largest absolute Gasteiger partial charge is 0.480 e. The molecule has 0 fully saturated rings. The van der Waals surface area contributed by atoms with Gasteiger partial charge in [0.25, 0.3) is 5.91 Å². The zero-order valence-corrected chi connectivity index (χ0v) is 20.6. The Kier molecular flexibility index (Phi) is 10.3. The van der Waals surface area contributed by atoms with Gasteiger partial charge in [-0.05, 0) is 36.2 Å². The Morgan fingerprint density at radius 1 is 0.763 bits per heavy atom. The topological polar surface area (TPSA) is 130 Å². The fourth-order valence-corrected chi connectivity index (χ4v) is 3.69. The number of Topliss-reactive ketones (excluding diaryl/α,β-unsaturated/α-hetero) is 1. The summed E-state index contributed by atoms with van der Waals surface area (Å²) in [6.45, 7) is -1.32. The zero-order valence-electron chi connectivity index (χ0n) is 20.6. The van der Waals surface area contributed by atoms with Crippen molar-refractivity contribution >= 4 is 29.5 Å².